The van der Waals surface area contributed by atoms with E-state index in [0.717, 1.165) is 13.0 Å². The van der Waals surface area contributed by atoms with Crippen molar-refractivity contribution in [3.05, 3.63) is 0 Å². The molecule has 1 rings (SSSR count). The number of methoxy groups -OCH3 is 2. The number of ether oxygens (including phenoxy) is 2. The van der Waals surface area contributed by atoms with Crippen LogP contribution in [0.3, 0.4) is 0 Å². The second kappa shape index (κ2) is 8.04. The maximum Gasteiger partial charge on any atom is 0.0763 e. The molecule has 1 aliphatic rings. The van der Waals surface area contributed by atoms with Crippen LogP contribution in [0.4, 0.5) is 0 Å². The van der Waals surface area contributed by atoms with Crippen molar-refractivity contribution in [1.82, 2.24) is 4.90 Å². The third-order valence-electron chi connectivity index (χ3n) is 3.25. The van der Waals surface area contributed by atoms with Crippen molar-refractivity contribution in [1.29, 1.82) is 0 Å². The van der Waals surface area contributed by atoms with Crippen LogP contribution in [0.15, 0.2) is 0 Å². The molecular weight excluding hydrogens is 202 g/mol. The number of rotatable bonds is 4. The predicted octanol–water partition coefficient (Wildman–Crippen LogP) is 2.55. The summed E-state index contributed by atoms with van der Waals surface area (Å²) in [5.74, 6) is 0. The highest BCUT2D eigenvalue weighted by Crippen LogP contribution is 2.26. The highest BCUT2D eigenvalue weighted by molar-refractivity contribution is 4.93. The summed E-state index contributed by atoms with van der Waals surface area (Å²) in [6, 6.07) is 0.975. The quantitative estimate of drug-likeness (QED) is 0.742. The van der Waals surface area contributed by atoms with Gasteiger partial charge < -0.3 is 9.47 Å². The number of likely N-dealkylation sites (tertiary alicyclic amines) is 1. The van der Waals surface area contributed by atoms with Gasteiger partial charge in [0, 0.05) is 26.8 Å². The first-order chi connectivity index (χ1) is 7.61. The summed E-state index contributed by atoms with van der Waals surface area (Å²) >= 11 is 0. The SMILES string of the molecule is CC.COC(C)C1[C@@H](OC)CCN1C(C)C. The van der Waals surface area contributed by atoms with Crippen molar-refractivity contribution >= 4 is 0 Å². The van der Waals surface area contributed by atoms with Crippen LogP contribution >= 0.6 is 0 Å². The molecule has 0 amide bonds. The zero-order valence-electron chi connectivity index (χ0n) is 12.0. The highest BCUT2D eigenvalue weighted by Gasteiger charge is 2.39. The first-order valence-corrected chi connectivity index (χ1v) is 6.43. The summed E-state index contributed by atoms with van der Waals surface area (Å²) in [5, 5.41) is 0. The fraction of sp³-hybridized carbons (Fsp3) is 1.00. The number of hydrogen-bond donors (Lipinski definition) is 0. The zero-order chi connectivity index (χ0) is 12.7. The van der Waals surface area contributed by atoms with E-state index >= 15 is 0 Å². The Morgan fingerprint density at radius 2 is 1.69 bits per heavy atom. The van der Waals surface area contributed by atoms with E-state index < -0.39 is 0 Å². The summed E-state index contributed by atoms with van der Waals surface area (Å²) in [7, 11) is 3.57. The molecule has 98 valence electrons. The van der Waals surface area contributed by atoms with Gasteiger partial charge in [-0.3, -0.25) is 4.90 Å². The minimum absolute atomic E-state index is 0.241. The smallest absolute Gasteiger partial charge is 0.0763 e. The van der Waals surface area contributed by atoms with E-state index in [1.54, 1.807) is 14.2 Å². The van der Waals surface area contributed by atoms with Crippen molar-refractivity contribution in [2.75, 3.05) is 20.8 Å². The van der Waals surface area contributed by atoms with E-state index in [1.165, 1.54) is 0 Å². The molecule has 16 heavy (non-hydrogen) atoms. The Labute approximate surface area is 101 Å². The molecule has 0 spiro atoms. The molecule has 0 aliphatic carbocycles. The molecule has 0 aromatic rings. The van der Waals surface area contributed by atoms with Gasteiger partial charge in [-0.15, -0.1) is 0 Å². The van der Waals surface area contributed by atoms with Crippen LogP contribution in [0, 0.1) is 0 Å². The van der Waals surface area contributed by atoms with Crippen LogP contribution in [0.5, 0.6) is 0 Å². The summed E-state index contributed by atoms with van der Waals surface area (Å²) < 4.78 is 10.9. The third-order valence-corrected chi connectivity index (χ3v) is 3.25. The van der Waals surface area contributed by atoms with Gasteiger partial charge in [-0.1, -0.05) is 13.8 Å². The van der Waals surface area contributed by atoms with Crippen molar-refractivity contribution in [3.8, 4) is 0 Å². The minimum Gasteiger partial charge on any atom is -0.380 e. The Morgan fingerprint density at radius 1 is 1.12 bits per heavy atom. The molecule has 0 bridgehead atoms. The van der Waals surface area contributed by atoms with Gasteiger partial charge in [0.25, 0.3) is 0 Å². The van der Waals surface area contributed by atoms with Crippen LogP contribution in [0.25, 0.3) is 0 Å². The number of hydrogen-bond acceptors (Lipinski definition) is 3. The van der Waals surface area contributed by atoms with E-state index in [1.807, 2.05) is 13.8 Å². The van der Waals surface area contributed by atoms with E-state index in [9.17, 15) is 0 Å². The van der Waals surface area contributed by atoms with Gasteiger partial charge in [-0.2, -0.15) is 0 Å². The lowest BCUT2D eigenvalue weighted by Gasteiger charge is -2.34. The van der Waals surface area contributed by atoms with Gasteiger partial charge in [-0.25, -0.2) is 0 Å². The maximum atomic E-state index is 5.51. The normalized spacial score (nSPS) is 27.8. The molecule has 0 aromatic heterocycles. The lowest BCUT2D eigenvalue weighted by Crippen LogP contribution is -2.47. The Morgan fingerprint density at radius 3 is 2.06 bits per heavy atom. The molecule has 1 saturated heterocycles. The van der Waals surface area contributed by atoms with Crippen molar-refractivity contribution < 1.29 is 9.47 Å². The topological polar surface area (TPSA) is 21.7 Å². The fourth-order valence-electron chi connectivity index (χ4n) is 2.38. The van der Waals surface area contributed by atoms with Crippen molar-refractivity contribution in [2.45, 2.75) is 65.3 Å². The third kappa shape index (κ3) is 3.72. The van der Waals surface area contributed by atoms with Crippen LogP contribution in [0.2, 0.25) is 0 Å². The molecule has 1 heterocycles. The molecule has 3 heteroatoms. The van der Waals surface area contributed by atoms with Crippen LogP contribution in [-0.4, -0.2) is 50.0 Å². The lowest BCUT2D eigenvalue weighted by molar-refractivity contribution is -0.0256. The zero-order valence-corrected chi connectivity index (χ0v) is 12.0. The largest absolute Gasteiger partial charge is 0.380 e. The standard InChI is InChI=1S/C11H23NO2.C2H6/c1-8(2)12-7-6-10(14-5)11(12)9(3)13-4;1-2/h8-11H,6-7H2,1-5H3;1-2H3/t9?,10-,11?;/m0./s1. The fourth-order valence-corrected chi connectivity index (χ4v) is 2.38. The average Bonchev–Trinajstić information content (AvgIpc) is 2.74. The first-order valence-electron chi connectivity index (χ1n) is 6.43. The second-order valence-electron chi connectivity index (χ2n) is 4.33. The molecule has 0 saturated carbocycles. The molecule has 0 aromatic carbocycles. The summed E-state index contributed by atoms with van der Waals surface area (Å²) in [6.45, 7) is 11.7. The van der Waals surface area contributed by atoms with Crippen LogP contribution < -0.4 is 0 Å². The van der Waals surface area contributed by atoms with E-state index in [0.29, 0.717) is 18.2 Å². The van der Waals surface area contributed by atoms with E-state index in [-0.39, 0.29) is 6.10 Å². The van der Waals surface area contributed by atoms with Gasteiger partial charge in [-0.05, 0) is 27.2 Å². The molecular formula is C13H29NO2. The predicted molar refractivity (Wildman–Crippen MR) is 68.9 cm³/mol. The monoisotopic (exact) mass is 231 g/mol. The second-order valence-corrected chi connectivity index (χ2v) is 4.33. The van der Waals surface area contributed by atoms with Gasteiger partial charge in [0.1, 0.15) is 0 Å². The van der Waals surface area contributed by atoms with Crippen LogP contribution in [0.1, 0.15) is 41.0 Å². The molecule has 0 N–H and O–H groups in total. The molecule has 2 unspecified atom stereocenters. The molecule has 3 atom stereocenters. The summed E-state index contributed by atoms with van der Waals surface area (Å²) in [6.07, 6.45) is 1.68. The average molecular weight is 231 g/mol. The Kier molecular flexibility index (Phi) is 7.98. The minimum atomic E-state index is 0.241. The molecule has 1 aliphatic heterocycles. The summed E-state index contributed by atoms with van der Waals surface area (Å²) in [5.41, 5.74) is 0. The molecule has 0 radical (unpaired) electrons. The Balaban J connectivity index is 0.00000106. The lowest BCUT2D eigenvalue weighted by atomic mass is 10.1. The van der Waals surface area contributed by atoms with E-state index in [4.69, 9.17) is 9.47 Å². The van der Waals surface area contributed by atoms with Crippen molar-refractivity contribution in [2.24, 2.45) is 0 Å². The van der Waals surface area contributed by atoms with E-state index in [2.05, 4.69) is 25.7 Å². The van der Waals surface area contributed by atoms with Gasteiger partial charge in [0.05, 0.1) is 18.2 Å². The Bertz CT molecular complexity index is 173. The molecule has 1 fully saturated rings. The van der Waals surface area contributed by atoms with Crippen molar-refractivity contribution in [3.63, 3.8) is 0 Å². The maximum absolute atomic E-state index is 5.51. The number of nitrogens with zero attached hydrogens (tertiary/aromatic N) is 1. The molecule has 3 nitrogen and oxygen atoms in total. The van der Waals surface area contributed by atoms with Gasteiger partial charge >= 0.3 is 0 Å². The van der Waals surface area contributed by atoms with Gasteiger partial charge in [0.15, 0.2) is 0 Å². The van der Waals surface area contributed by atoms with Crippen LogP contribution in [-0.2, 0) is 9.47 Å². The van der Waals surface area contributed by atoms with Gasteiger partial charge in [0.2, 0.25) is 0 Å². The highest BCUT2D eigenvalue weighted by atomic mass is 16.5. The summed E-state index contributed by atoms with van der Waals surface area (Å²) in [4.78, 5) is 2.47. The first kappa shape index (κ1) is 15.9. The Hall–Kier alpha value is -0.120.